The Kier molecular flexibility index (Phi) is 7.20. The number of rotatable bonds is 6. The normalized spacial score (nSPS) is 14.4. The first kappa shape index (κ1) is 25.5. The number of benzene rings is 1. The highest BCUT2D eigenvalue weighted by atomic mass is 35.5. The number of aliphatic imine (C=N–C) groups is 1. The first-order chi connectivity index (χ1) is 17.1. The summed E-state index contributed by atoms with van der Waals surface area (Å²) in [5, 5.41) is 2.39. The molecule has 0 bridgehead atoms. The van der Waals surface area contributed by atoms with Gasteiger partial charge in [0.1, 0.15) is 22.8 Å². The molecular weight excluding hydrogens is 526 g/mol. The molecule has 1 amide bonds. The Bertz CT molecular complexity index is 1560. The molecule has 36 heavy (non-hydrogen) atoms. The Morgan fingerprint density at radius 1 is 1.22 bits per heavy atom. The van der Waals surface area contributed by atoms with E-state index in [0.717, 1.165) is 25.8 Å². The van der Waals surface area contributed by atoms with Crippen LogP contribution in [0.15, 0.2) is 56.0 Å². The smallest absolute Gasteiger partial charge is 0.332 e. The van der Waals surface area contributed by atoms with Crippen LogP contribution in [0.5, 0.6) is 5.75 Å². The van der Waals surface area contributed by atoms with Gasteiger partial charge in [-0.15, -0.1) is 11.3 Å². The van der Waals surface area contributed by atoms with Crippen LogP contribution in [0.4, 0.5) is 11.5 Å². The van der Waals surface area contributed by atoms with Crippen LogP contribution in [0.3, 0.4) is 0 Å². The van der Waals surface area contributed by atoms with Crippen LogP contribution in [-0.4, -0.2) is 38.9 Å². The molecule has 2 N–H and O–H groups in total. The van der Waals surface area contributed by atoms with Gasteiger partial charge >= 0.3 is 5.69 Å². The number of Topliss-reactive ketones (excluding diaryl/α,β-unsaturated/α-hetero) is 1. The van der Waals surface area contributed by atoms with Crippen molar-refractivity contribution in [3.63, 3.8) is 0 Å². The van der Waals surface area contributed by atoms with Crippen molar-refractivity contribution in [1.29, 1.82) is 0 Å². The van der Waals surface area contributed by atoms with E-state index in [2.05, 4.69) is 4.99 Å². The number of amidine groups is 1. The molecule has 1 aliphatic heterocycles. The van der Waals surface area contributed by atoms with Gasteiger partial charge in [0.15, 0.2) is 11.0 Å². The van der Waals surface area contributed by atoms with Gasteiger partial charge in [-0.2, -0.15) is 0 Å². The number of hydrogen-bond donors (Lipinski definition) is 1. The van der Waals surface area contributed by atoms with Gasteiger partial charge in [0, 0.05) is 19.0 Å². The molecule has 186 valence electrons. The Balaban J connectivity index is 1.70. The van der Waals surface area contributed by atoms with Crippen molar-refractivity contribution in [2.75, 3.05) is 23.5 Å². The highest BCUT2D eigenvalue weighted by molar-refractivity contribution is 8.14. The van der Waals surface area contributed by atoms with Crippen molar-refractivity contribution in [2.45, 2.75) is 0 Å². The molecule has 4 rings (SSSR count). The molecule has 0 radical (unpaired) electrons. The highest BCUT2D eigenvalue weighted by Gasteiger charge is 2.33. The standard InChI is InChI=1S/C23H20ClN5O5S2/c1-27-19(25)18(21(32)28(2)23(27)33)16(30)11-36-22-26-15(10-13-5-4-8-35-13)20(31)29(22)12-6-7-17(34-3)14(24)9-12/h4-10H,11,25H2,1-3H3/b15-10+. The average molecular weight is 546 g/mol. The topological polar surface area (TPSA) is 129 Å². The lowest BCUT2D eigenvalue weighted by molar-refractivity contribution is -0.113. The third-order valence-corrected chi connectivity index (χ3v) is 7.42. The van der Waals surface area contributed by atoms with Gasteiger partial charge in [0.25, 0.3) is 11.5 Å². The number of hydrogen-bond acceptors (Lipinski definition) is 9. The number of aromatic nitrogens is 2. The first-order valence-corrected chi connectivity index (χ1v) is 12.6. The number of thioether (sulfide) groups is 1. The number of nitrogens with two attached hydrogens (primary N) is 1. The second-order valence-corrected chi connectivity index (χ2v) is 9.91. The number of methoxy groups -OCH3 is 1. The molecule has 0 aliphatic carbocycles. The minimum Gasteiger partial charge on any atom is -0.495 e. The quantitative estimate of drug-likeness (QED) is 0.372. The van der Waals surface area contributed by atoms with Crippen molar-refractivity contribution in [3.8, 4) is 5.75 Å². The summed E-state index contributed by atoms with van der Waals surface area (Å²) in [5.41, 5.74) is 4.79. The number of carbonyl (C=O) groups excluding carboxylic acids is 2. The van der Waals surface area contributed by atoms with E-state index in [1.165, 1.54) is 37.4 Å². The number of carbonyl (C=O) groups is 2. The molecule has 0 fully saturated rings. The van der Waals surface area contributed by atoms with Crippen molar-refractivity contribution in [2.24, 2.45) is 19.1 Å². The fraction of sp³-hybridized carbons (Fsp3) is 0.174. The summed E-state index contributed by atoms with van der Waals surface area (Å²) in [6.45, 7) is 0. The molecular formula is C23H20ClN5O5S2. The van der Waals surface area contributed by atoms with Crippen LogP contribution < -0.4 is 26.6 Å². The van der Waals surface area contributed by atoms with Crippen molar-refractivity contribution in [1.82, 2.24) is 9.13 Å². The summed E-state index contributed by atoms with van der Waals surface area (Å²) in [5.74, 6) is -1.06. The molecule has 0 spiro atoms. The molecule has 0 saturated heterocycles. The number of anilines is 2. The number of amides is 1. The Labute approximate surface area is 218 Å². The number of ether oxygens (including phenoxy) is 1. The summed E-state index contributed by atoms with van der Waals surface area (Å²) in [6, 6.07) is 8.53. The molecule has 2 aromatic heterocycles. The van der Waals surface area contributed by atoms with Gasteiger partial charge in [0.2, 0.25) is 0 Å². The van der Waals surface area contributed by atoms with Gasteiger partial charge < -0.3 is 10.5 Å². The lowest BCUT2D eigenvalue weighted by Crippen LogP contribution is -2.42. The molecule has 1 aromatic carbocycles. The third-order valence-electron chi connectivity index (χ3n) is 5.37. The maximum absolute atomic E-state index is 13.3. The maximum Gasteiger partial charge on any atom is 0.332 e. The third kappa shape index (κ3) is 4.62. The molecule has 10 nitrogen and oxygen atoms in total. The average Bonchev–Trinajstić information content (AvgIpc) is 3.48. The van der Waals surface area contributed by atoms with E-state index in [1.807, 2.05) is 17.5 Å². The van der Waals surface area contributed by atoms with Crippen molar-refractivity contribution < 1.29 is 14.3 Å². The fourth-order valence-electron chi connectivity index (χ4n) is 3.45. The molecule has 0 unspecified atom stereocenters. The minimum absolute atomic E-state index is 0.178. The van der Waals surface area contributed by atoms with Crippen LogP contribution in [0.1, 0.15) is 15.2 Å². The summed E-state index contributed by atoms with van der Waals surface area (Å²) >= 11 is 8.69. The van der Waals surface area contributed by atoms with Gasteiger partial charge in [0.05, 0.1) is 23.6 Å². The van der Waals surface area contributed by atoms with E-state index in [9.17, 15) is 19.2 Å². The molecule has 3 heterocycles. The molecule has 1 aliphatic rings. The van der Waals surface area contributed by atoms with E-state index in [1.54, 1.807) is 24.3 Å². The van der Waals surface area contributed by atoms with Crippen molar-refractivity contribution in [3.05, 3.63) is 77.7 Å². The predicted octanol–water partition coefficient (Wildman–Crippen LogP) is 2.75. The molecule has 0 atom stereocenters. The van der Waals surface area contributed by atoms with Crippen molar-refractivity contribution >= 4 is 69.1 Å². The number of nitrogen functional groups attached to an aromatic ring is 1. The number of nitrogens with zero attached hydrogens (tertiary/aromatic N) is 4. The predicted molar refractivity (Wildman–Crippen MR) is 143 cm³/mol. The Morgan fingerprint density at radius 3 is 2.61 bits per heavy atom. The van der Waals surface area contributed by atoms with Crippen LogP contribution >= 0.6 is 34.7 Å². The Hall–Kier alpha value is -3.61. The summed E-state index contributed by atoms with van der Waals surface area (Å²) < 4.78 is 7.04. The first-order valence-electron chi connectivity index (χ1n) is 10.4. The van der Waals surface area contributed by atoms with E-state index in [0.29, 0.717) is 16.5 Å². The van der Waals surface area contributed by atoms with Crippen LogP contribution in [0, 0.1) is 0 Å². The number of halogens is 1. The fourth-order valence-corrected chi connectivity index (χ4v) is 5.24. The minimum atomic E-state index is -0.789. The zero-order valence-corrected chi connectivity index (χ0v) is 21.7. The monoisotopic (exact) mass is 545 g/mol. The van der Waals surface area contributed by atoms with E-state index in [4.69, 9.17) is 22.1 Å². The second-order valence-electron chi connectivity index (χ2n) is 7.58. The molecule has 13 heteroatoms. The Morgan fingerprint density at radius 2 is 1.97 bits per heavy atom. The SMILES string of the molecule is COc1ccc(N2C(=O)/C(=C\c3cccs3)N=C2SCC(=O)c2c(N)n(C)c(=O)n(C)c2=O)cc1Cl. The largest absolute Gasteiger partial charge is 0.495 e. The lowest BCUT2D eigenvalue weighted by atomic mass is 10.2. The number of thiophene rings is 1. The zero-order chi connectivity index (χ0) is 26.1. The van der Waals surface area contributed by atoms with Gasteiger partial charge in [-0.05, 0) is 35.7 Å². The van der Waals surface area contributed by atoms with Gasteiger partial charge in [-0.25, -0.2) is 9.79 Å². The van der Waals surface area contributed by atoms with E-state index in [-0.39, 0.29) is 28.0 Å². The number of ketones is 1. The summed E-state index contributed by atoms with van der Waals surface area (Å²) in [7, 11) is 4.12. The van der Waals surface area contributed by atoms with E-state index < -0.39 is 22.9 Å². The second kappa shape index (κ2) is 10.2. The highest BCUT2D eigenvalue weighted by Crippen LogP contribution is 2.34. The van der Waals surface area contributed by atoms with Crippen LogP contribution in [0.25, 0.3) is 6.08 Å². The summed E-state index contributed by atoms with van der Waals surface area (Å²) in [6.07, 6.45) is 1.65. The lowest BCUT2D eigenvalue weighted by Gasteiger charge is -2.18. The van der Waals surface area contributed by atoms with Crippen LogP contribution in [0.2, 0.25) is 5.02 Å². The van der Waals surface area contributed by atoms with E-state index >= 15 is 0 Å². The van der Waals surface area contributed by atoms with Crippen LogP contribution in [-0.2, 0) is 18.9 Å². The van der Waals surface area contributed by atoms with Gasteiger partial charge in [-0.3, -0.25) is 28.4 Å². The molecule has 0 saturated carbocycles. The maximum atomic E-state index is 13.3. The zero-order valence-electron chi connectivity index (χ0n) is 19.4. The summed E-state index contributed by atoms with van der Waals surface area (Å²) in [4.78, 5) is 57.6. The van der Waals surface area contributed by atoms with Gasteiger partial charge in [-0.1, -0.05) is 29.4 Å². The molecule has 3 aromatic rings.